The summed E-state index contributed by atoms with van der Waals surface area (Å²) in [5.74, 6) is 1.40. The molecule has 0 saturated heterocycles. The first-order chi connectivity index (χ1) is 14.0. The van der Waals surface area contributed by atoms with Crippen LogP contribution in [0.2, 0.25) is 0 Å². The van der Waals surface area contributed by atoms with Crippen LogP contribution in [-0.4, -0.2) is 51.6 Å². The maximum atomic E-state index is 12.6. The lowest BCUT2D eigenvalue weighted by atomic mass is 10.3. The van der Waals surface area contributed by atoms with Crippen LogP contribution >= 0.6 is 0 Å². The standard InChI is InChI=1S/C20H25N5O4/c1-5-24-11-9-15(21-24)13-23(2)20(26)16-10-12-25(22-16)14-29-19-17(27-3)7-6-8-18(19)28-4/h6-12H,5,13-14H2,1-4H3. The normalized spacial score (nSPS) is 10.6. The van der Waals surface area contributed by atoms with Gasteiger partial charge in [0.2, 0.25) is 5.75 Å². The van der Waals surface area contributed by atoms with Gasteiger partial charge in [-0.05, 0) is 31.2 Å². The van der Waals surface area contributed by atoms with Crippen molar-refractivity contribution in [3.8, 4) is 17.2 Å². The lowest BCUT2D eigenvalue weighted by Gasteiger charge is -2.15. The van der Waals surface area contributed by atoms with Crippen LogP contribution in [0.4, 0.5) is 0 Å². The molecule has 9 heteroatoms. The van der Waals surface area contributed by atoms with E-state index in [-0.39, 0.29) is 12.6 Å². The number of para-hydroxylation sites is 1. The third kappa shape index (κ3) is 4.68. The van der Waals surface area contributed by atoms with Crippen LogP contribution in [0, 0.1) is 0 Å². The SMILES string of the molecule is CCn1ccc(CN(C)C(=O)c2ccn(COc3c(OC)cccc3OC)n2)n1. The summed E-state index contributed by atoms with van der Waals surface area (Å²) in [5, 5.41) is 8.71. The zero-order valence-corrected chi connectivity index (χ0v) is 17.0. The first-order valence-corrected chi connectivity index (χ1v) is 9.20. The van der Waals surface area contributed by atoms with E-state index in [2.05, 4.69) is 10.2 Å². The summed E-state index contributed by atoms with van der Waals surface area (Å²) in [4.78, 5) is 14.2. The molecule has 29 heavy (non-hydrogen) atoms. The summed E-state index contributed by atoms with van der Waals surface area (Å²) < 4.78 is 19.8. The molecule has 0 aliphatic carbocycles. The molecule has 0 aliphatic heterocycles. The second-order valence-electron chi connectivity index (χ2n) is 6.33. The Balaban J connectivity index is 1.64. The topological polar surface area (TPSA) is 83.6 Å². The van der Waals surface area contributed by atoms with E-state index >= 15 is 0 Å². The summed E-state index contributed by atoms with van der Waals surface area (Å²) in [7, 11) is 4.85. The first kappa shape index (κ1) is 20.2. The third-order valence-corrected chi connectivity index (χ3v) is 4.35. The van der Waals surface area contributed by atoms with Gasteiger partial charge >= 0.3 is 0 Å². The minimum atomic E-state index is -0.190. The van der Waals surface area contributed by atoms with Gasteiger partial charge in [-0.3, -0.25) is 9.48 Å². The van der Waals surface area contributed by atoms with Crippen LogP contribution in [-0.2, 0) is 19.8 Å². The highest BCUT2D eigenvalue weighted by molar-refractivity contribution is 5.91. The fourth-order valence-corrected chi connectivity index (χ4v) is 2.81. The lowest BCUT2D eigenvalue weighted by molar-refractivity contribution is 0.0775. The quantitative estimate of drug-likeness (QED) is 0.550. The number of benzene rings is 1. The Bertz CT molecular complexity index is 943. The zero-order valence-electron chi connectivity index (χ0n) is 17.0. The molecule has 3 rings (SSSR count). The monoisotopic (exact) mass is 399 g/mol. The van der Waals surface area contributed by atoms with Crippen LogP contribution in [0.25, 0.3) is 0 Å². The van der Waals surface area contributed by atoms with E-state index in [0.29, 0.717) is 29.5 Å². The molecule has 0 unspecified atom stereocenters. The predicted molar refractivity (Wildman–Crippen MR) is 106 cm³/mol. The molecule has 0 bridgehead atoms. The number of methoxy groups -OCH3 is 2. The highest BCUT2D eigenvalue weighted by Gasteiger charge is 2.17. The molecule has 0 atom stereocenters. The average molecular weight is 399 g/mol. The summed E-state index contributed by atoms with van der Waals surface area (Å²) in [5.41, 5.74) is 1.16. The van der Waals surface area contributed by atoms with Gasteiger partial charge in [0.1, 0.15) is 0 Å². The second kappa shape index (κ2) is 9.13. The van der Waals surface area contributed by atoms with Crippen LogP contribution in [0.5, 0.6) is 17.2 Å². The van der Waals surface area contributed by atoms with Crippen molar-refractivity contribution in [1.29, 1.82) is 0 Å². The first-order valence-electron chi connectivity index (χ1n) is 9.20. The van der Waals surface area contributed by atoms with Gasteiger partial charge in [-0.1, -0.05) is 6.07 Å². The number of ether oxygens (including phenoxy) is 3. The molecule has 0 saturated carbocycles. The van der Waals surface area contributed by atoms with Gasteiger partial charge in [0.15, 0.2) is 23.9 Å². The van der Waals surface area contributed by atoms with E-state index in [1.807, 2.05) is 29.9 Å². The summed E-state index contributed by atoms with van der Waals surface area (Å²) in [6, 6.07) is 8.94. The highest BCUT2D eigenvalue weighted by Crippen LogP contribution is 2.36. The molecule has 0 radical (unpaired) electrons. The lowest BCUT2D eigenvalue weighted by Crippen LogP contribution is -2.27. The van der Waals surface area contributed by atoms with Gasteiger partial charge in [0, 0.05) is 26.0 Å². The Morgan fingerprint density at radius 3 is 2.34 bits per heavy atom. The van der Waals surface area contributed by atoms with Crippen LogP contribution < -0.4 is 14.2 Å². The largest absolute Gasteiger partial charge is 0.493 e. The molecule has 0 spiro atoms. The number of amides is 1. The van der Waals surface area contributed by atoms with Crippen molar-refractivity contribution < 1.29 is 19.0 Å². The van der Waals surface area contributed by atoms with Crippen molar-refractivity contribution in [2.24, 2.45) is 0 Å². The minimum Gasteiger partial charge on any atom is -0.493 e. The van der Waals surface area contributed by atoms with Crippen molar-refractivity contribution in [3.05, 3.63) is 54.1 Å². The maximum Gasteiger partial charge on any atom is 0.274 e. The van der Waals surface area contributed by atoms with Gasteiger partial charge in [-0.2, -0.15) is 10.2 Å². The van der Waals surface area contributed by atoms with E-state index in [1.165, 1.54) is 0 Å². The molecule has 0 aliphatic rings. The predicted octanol–water partition coefficient (Wildman–Crippen LogP) is 2.43. The Morgan fingerprint density at radius 1 is 1.03 bits per heavy atom. The number of aryl methyl sites for hydroxylation is 1. The van der Waals surface area contributed by atoms with E-state index in [0.717, 1.165) is 12.2 Å². The van der Waals surface area contributed by atoms with Gasteiger partial charge < -0.3 is 19.1 Å². The number of hydrogen-bond acceptors (Lipinski definition) is 6. The summed E-state index contributed by atoms with van der Waals surface area (Å²) in [6.07, 6.45) is 3.58. The molecule has 1 amide bonds. The Morgan fingerprint density at radius 2 is 1.72 bits per heavy atom. The van der Waals surface area contributed by atoms with Crippen molar-refractivity contribution in [2.45, 2.75) is 26.7 Å². The summed E-state index contributed by atoms with van der Waals surface area (Å²) >= 11 is 0. The fraction of sp³-hybridized carbons (Fsp3) is 0.350. The molecule has 154 valence electrons. The molecule has 9 nitrogen and oxygen atoms in total. The van der Waals surface area contributed by atoms with Crippen molar-refractivity contribution in [3.63, 3.8) is 0 Å². The van der Waals surface area contributed by atoms with E-state index in [1.54, 1.807) is 55.2 Å². The molecule has 0 N–H and O–H groups in total. The average Bonchev–Trinajstić information content (AvgIpc) is 3.40. The molecule has 2 aromatic heterocycles. The van der Waals surface area contributed by atoms with Crippen molar-refractivity contribution in [1.82, 2.24) is 24.5 Å². The maximum absolute atomic E-state index is 12.6. The Kier molecular flexibility index (Phi) is 6.38. The van der Waals surface area contributed by atoms with Crippen LogP contribution in [0.1, 0.15) is 23.1 Å². The molecule has 1 aromatic carbocycles. The van der Waals surface area contributed by atoms with Gasteiger partial charge in [-0.15, -0.1) is 0 Å². The van der Waals surface area contributed by atoms with Gasteiger partial charge in [-0.25, -0.2) is 4.68 Å². The number of carbonyl (C=O) groups excluding carboxylic acids is 1. The molecular weight excluding hydrogens is 374 g/mol. The second-order valence-corrected chi connectivity index (χ2v) is 6.33. The number of rotatable bonds is 9. The number of hydrogen-bond donors (Lipinski definition) is 0. The third-order valence-electron chi connectivity index (χ3n) is 4.35. The number of carbonyl (C=O) groups is 1. The van der Waals surface area contributed by atoms with Crippen LogP contribution in [0.3, 0.4) is 0 Å². The summed E-state index contributed by atoms with van der Waals surface area (Å²) in [6.45, 7) is 3.32. The Hall–Kier alpha value is -3.49. The number of aromatic nitrogens is 4. The van der Waals surface area contributed by atoms with Gasteiger partial charge in [0.25, 0.3) is 5.91 Å². The minimum absolute atomic E-state index is 0.106. The van der Waals surface area contributed by atoms with Crippen molar-refractivity contribution in [2.75, 3.05) is 21.3 Å². The fourth-order valence-electron chi connectivity index (χ4n) is 2.81. The number of nitrogens with zero attached hydrogens (tertiary/aromatic N) is 5. The van der Waals surface area contributed by atoms with Crippen LogP contribution in [0.15, 0.2) is 42.7 Å². The molecule has 2 heterocycles. The zero-order chi connectivity index (χ0) is 20.8. The van der Waals surface area contributed by atoms with E-state index in [9.17, 15) is 4.79 Å². The molecule has 0 fully saturated rings. The smallest absolute Gasteiger partial charge is 0.274 e. The highest BCUT2D eigenvalue weighted by atomic mass is 16.5. The van der Waals surface area contributed by atoms with E-state index in [4.69, 9.17) is 14.2 Å². The molecular formula is C20H25N5O4. The van der Waals surface area contributed by atoms with Gasteiger partial charge in [0.05, 0.1) is 26.5 Å². The van der Waals surface area contributed by atoms with E-state index < -0.39 is 0 Å². The Labute approximate surface area is 169 Å². The van der Waals surface area contributed by atoms with Crippen molar-refractivity contribution >= 4 is 5.91 Å². The molecule has 3 aromatic rings.